The lowest BCUT2D eigenvalue weighted by atomic mass is 9.96. The zero-order valence-corrected chi connectivity index (χ0v) is 6.62. The maximum atomic E-state index is 5.64. The Balaban J connectivity index is 2.07. The van der Waals surface area contributed by atoms with Gasteiger partial charge < -0.3 is 10.5 Å². The number of amidine groups is 1. The predicted octanol–water partition coefficient (Wildman–Crippen LogP) is 0.685. The van der Waals surface area contributed by atoms with Crippen LogP contribution in [0, 0.1) is 0 Å². The maximum absolute atomic E-state index is 5.64. The summed E-state index contributed by atoms with van der Waals surface area (Å²) < 4.78 is 5.57. The zero-order valence-electron chi connectivity index (χ0n) is 6.62. The monoisotopic (exact) mass is 154 g/mol. The molecule has 1 saturated heterocycles. The van der Waals surface area contributed by atoms with Crippen molar-refractivity contribution in [3.8, 4) is 0 Å². The molecule has 2 N–H and O–H groups in total. The highest BCUT2D eigenvalue weighted by molar-refractivity contribution is 5.81. The second kappa shape index (κ2) is 2.81. The van der Waals surface area contributed by atoms with Crippen LogP contribution in [0.4, 0.5) is 0 Å². The fraction of sp³-hybridized carbons (Fsp3) is 0.875. The van der Waals surface area contributed by atoms with Crippen LogP contribution in [0.25, 0.3) is 0 Å². The first-order valence-electron chi connectivity index (χ1n) is 4.30. The van der Waals surface area contributed by atoms with Gasteiger partial charge in [-0.3, -0.25) is 4.99 Å². The second-order valence-electron chi connectivity index (χ2n) is 3.28. The van der Waals surface area contributed by atoms with Crippen LogP contribution in [-0.2, 0) is 4.74 Å². The second-order valence-corrected chi connectivity index (χ2v) is 3.28. The third-order valence-corrected chi connectivity index (χ3v) is 2.42. The summed E-state index contributed by atoms with van der Waals surface area (Å²) >= 11 is 0. The molecule has 2 atom stereocenters. The molecule has 62 valence electrons. The Morgan fingerprint density at radius 3 is 3.27 bits per heavy atom. The molecule has 2 heterocycles. The maximum Gasteiger partial charge on any atom is 0.0942 e. The summed E-state index contributed by atoms with van der Waals surface area (Å²) in [5, 5.41) is 0. The topological polar surface area (TPSA) is 47.6 Å². The van der Waals surface area contributed by atoms with E-state index in [0.717, 1.165) is 38.1 Å². The van der Waals surface area contributed by atoms with Crippen molar-refractivity contribution in [2.75, 3.05) is 6.61 Å². The van der Waals surface area contributed by atoms with Gasteiger partial charge in [0.15, 0.2) is 0 Å². The van der Waals surface area contributed by atoms with Crippen molar-refractivity contribution in [1.29, 1.82) is 0 Å². The first-order chi connectivity index (χ1) is 5.36. The molecule has 0 aromatic heterocycles. The van der Waals surface area contributed by atoms with Crippen LogP contribution in [0.2, 0.25) is 0 Å². The van der Waals surface area contributed by atoms with E-state index in [0.29, 0.717) is 12.1 Å². The standard InChI is InChI=1S/C8H14N2O/c9-8-4-3-7-6(10-8)2-1-5-11-7/h6-7H,1-5H2,(H2,9,10)/t6-,7-/m0/s1. The summed E-state index contributed by atoms with van der Waals surface area (Å²) in [6.07, 6.45) is 4.65. The molecule has 0 saturated carbocycles. The van der Waals surface area contributed by atoms with Crippen molar-refractivity contribution >= 4 is 5.84 Å². The number of ether oxygens (including phenoxy) is 1. The van der Waals surface area contributed by atoms with E-state index in [2.05, 4.69) is 4.99 Å². The summed E-state index contributed by atoms with van der Waals surface area (Å²) in [4.78, 5) is 4.37. The summed E-state index contributed by atoms with van der Waals surface area (Å²) in [7, 11) is 0. The van der Waals surface area contributed by atoms with Crippen molar-refractivity contribution in [2.45, 2.75) is 37.8 Å². The smallest absolute Gasteiger partial charge is 0.0942 e. The lowest BCUT2D eigenvalue weighted by Gasteiger charge is -2.32. The van der Waals surface area contributed by atoms with E-state index in [-0.39, 0.29) is 0 Å². The largest absolute Gasteiger partial charge is 0.387 e. The normalized spacial score (nSPS) is 37.6. The Bertz CT molecular complexity index is 179. The Hall–Kier alpha value is -0.570. The van der Waals surface area contributed by atoms with Gasteiger partial charge in [0, 0.05) is 13.0 Å². The van der Waals surface area contributed by atoms with Crippen LogP contribution in [0.5, 0.6) is 0 Å². The van der Waals surface area contributed by atoms with Gasteiger partial charge in [-0.1, -0.05) is 0 Å². The minimum absolute atomic E-state index is 0.371. The average Bonchev–Trinajstić information content (AvgIpc) is 2.04. The molecule has 11 heavy (non-hydrogen) atoms. The molecule has 0 aromatic carbocycles. The third-order valence-electron chi connectivity index (χ3n) is 2.42. The molecule has 1 fully saturated rings. The molecule has 0 spiro atoms. The molecule has 0 amide bonds. The molecule has 2 aliphatic rings. The number of nitrogens with two attached hydrogens (primary N) is 1. The average molecular weight is 154 g/mol. The fourth-order valence-electron chi connectivity index (χ4n) is 1.82. The van der Waals surface area contributed by atoms with Gasteiger partial charge in [0.05, 0.1) is 18.0 Å². The van der Waals surface area contributed by atoms with Gasteiger partial charge in [0.25, 0.3) is 0 Å². The third kappa shape index (κ3) is 1.38. The molecule has 2 rings (SSSR count). The summed E-state index contributed by atoms with van der Waals surface area (Å²) in [5.41, 5.74) is 5.64. The minimum Gasteiger partial charge on any atom is -0.387 e. The van der Waals surface area contributed by atoms with Crippen LogP contribution in [0.3, 0.4) is 0 Å². The van der Waals surface area contributed by atoms with Gasteiger partial charge in [0.2, 0.25) is 0 Å². The van der Waals surface area contributed by atoms with Crippen molar-refractivity contribution in [1.82, 2.24) is 0 Å². The van der Waals surface area contributed by atoms with Gasteiger partial charge >= 0.3 is 0 Å². The number of hydrogen-bond acceptors (Lipinski definition) is 3. The SMILES string of the molecule is NC1=N[C@H]2CCCO[C@H]2CC1. The van der Waals surface area contributed by atoms with Gasteiger partial charge in [-0.2, -0.15) is 0 Å². The van der Waals surface area contributed by atoms with Gasteiger partial charge in [0.1, 0.15) is 0 Å². The lowest BCUT2D eigenvalue weighted by Crippen LogP contribution is -2.38. The molecule has 3 heteroatoms. The van der Waals surface area contributed by atoms with E-state index in [4.69, 9.17) is 10.5 Å². The first-order valence-corrected chi connectivity index (χ1v) is 4.30. The molecular formula is C8H14N2O. The van der Waals surface area contributed by atoms with E-state index in [9.17, 15) is 0 Å². The summed E-state index contributed by atoms with van der Waals surface area (Å²) in [5.74, 6) is 0.816. The van der Waals surface area contributed by atoms with Crippen molar-refractivity contribution in [3.05, 3.63) is 0 Å². The Kier molecular flexibility index (Phi) is 1.82. The van der Waals surface area contributed by atoms with E-state index in [1.165, 1.54) is 0 Å². The van der Waals surface area contributed by atoms with Crippen LogP contribution >= 0.6 is 0 Å². The van der Waals surface area contributed by atoms with Gasteiger partial charge in [-0.15, -0.1) is 0 Å². The van der Waals surface area contributed by atoms with Crippen molar-refractivity contribution in [2.24, 2.45) is 10.7 Å². The number of hydrogen-bond donors (Lipinski definition) is 1. The number of rotatable bonds is 0. The van der Waals surface area contributed by atoms with E-state index < -0.39 is 0 Å². The number of aliphatic imine (C=N–C) groups is 1. The zero-order chi connectivity index (χ0) is 7.68. The van der Waals surface area contributed by atoms with Crippen LogP contribution in [0.15, 0.2) is 4.99 Å². The van der Waals surface area contributed by atoms with E-state index in [1.54, 1.807) is 0 Å². The van der Waals surface area contributed by atoms with Crippen molar-refractivity contribution in [3.63, 3.8) is 0 Å². The first kappa shape index (κ1) is 7.10. The quantitative estimate of drug-likeness (QED) is 0.558. The predicted molar refractivity (Wildman–Crippen MR) is 43.6 cm³/mol. The highest BCUT2D eigenvalue weighted by Gasteiger charge is 2.28. The Morgan fingerprint density at radius 1 is 1.45 bits per heavy atom. The van der Waals surface area contributed by atoms with E-state index >= 15 is 0 Å². The van der Waals surface area contributed by atoms with Crippen molar-refractivity contribution < 1.29 is 4.74 Å². The van der Waals surface area contributed by atoms with Gasteiger partial charge in [-0.25, -0.2) is 0 Å². The fourth-order valence-corrected chi connectivity index (χ4v) is 1.82. The number of nitrogens with zero attached hydrogens (tertiary/aromatic N) is 1. The molecule has 0 aromatic rings. The highest BCUT2D eigenvalue weighted by Crippen LogP contribution is 2.24. The molecular weight excluding hydrogens is 140 g/mol. The molecule has 3 nitrogen and oxygen atoms in total. The van der Waals surface area contributed by atoms with Crippen LogP contribution < -0.4 is 5.73 Å². The lowest BCUT2D eigenvalue weighted by molar-refractivity contribution is -0.00454. The molecule has 0 bridgehead atoms. The highest BCUT2D eigenvalue weighted by atomic mass is 16.5. The van der Waals surface area contributed by atoms with Crippen LogP contribution in [0.1, 0.15) is 25.7 Å². The minimum atomic E-state index is 0.371. The molecule has 0 unspecified atom stereocenters. The Morgan fingerprint density at radius 2 is 2.36 bits per heavy atom. The Labute approximate surface area is 66.6 Å². The molecule has 2 aliphatic heterocycles. The summed E-state index contributed by atoms with van der Waals surface area (Å²) in [6.45, 7) is 0.913. The number of fused-ring (bicyclic) bond motifs is 1. The molecule has 0 radical (unpaired) electrons. The van der Waals surface area contributed by atoms with Crippen LogP contribution in [-0.4, -0.2) is 24.6 Å². The summed E-state index contributed by atoms with van der Waals surface area (Å²) in [6, 6.07) is 0.373. The van der Waals surface area contributed by atoms with Gasteiger partial charge in [-0.05, 0) is 19.3 Å². The molecule has 0 aliphatic carbocycles. The van der Waals surface area contributed by atoms with E-state index in [1.807, 2.05) is 0 Å².